The minimum absolute atomic E-state index is 0.419. The molecule has 0 spiro atoms. The van der Waals surface area contributed by atoms with Crippen LogP contribution in [0.5, 0.6) is 0 Å². The molecule has 0 aliphatic carbocycles. The zero-order valence-electron chi connectivity index (χ0n) is 9.77. The zero-order chi connectivity index (χ0) is 11.3. The SMILES string of the molecule is CCC(CC)(CNC)Cc1sccc1Br. The molecule has 1 rings (SSSR count). The number of rotatable bonds is 6. The number of thiophene rings is 1. The Morgan fingerprint density at radius 1 is 1.40 bits per heavy atom. The van der Waals surface area contributed by atoms with Gasteiger partial charge in [-0.15, -0.1) is 11.3 Å². The molecule has 0 amide bonds. The summed E-state index contributed by atoms with van der Waals surface area (Å²) < 4.78 is 1.27. The highest BCUT2D eigenvalue weighted by Crippen LogP contribution is 2.35. The van der Waals surface area contributed by atoms with E-state index in [4.69, 9.17) is 0 Å². The Morgan fingerprint density at radius 3 is 2.47 bits per heavy atom. The van der Waals surface area contributed by atoms with Gasteiger partial charge >= 0.3 is 0 Å². The smallest absolute Gasteiger partial charge is 0.0314 e. The minimum Gasteiger partial charge on any atom is -0.319 e. The summed E-state index contributed by atoms with van der Waals surface area (Å²) in [5.41, 5.74) is 0.419. The van der Waals surface area contributed by atoms with Gasteiger partial charge in [0.15, 0.2) is 0 Å². The summed E-state index contributed by atoms with van der Waals surface area (Å²) in [6, 6.07) is 2.15. The van der Waals surface area contributed by atoms with Gasteiger partial charge in [0.2, 0.25) is 0 Å². The molecule has 1 aromatic rings. The molecule has 0 aromatic carbocycles. The van der Waals surface area contributed by atoms with Crippen molar-refractivity contribution in [2.45, 2.75) is 33.1 Å². The molecule has 0 saturated carbocycles. The third-order valence-corrected chi connectivity index (χ3v) is 5.20. The molecule has 0 saturated heterocycles. The molecule has 0 radical (unpaired) electrons. The number of hydrogen-bond acceptors (Lipinski definition) is 2. The van der Waals surface area contributed by atoms with E-state index in [0.29, 0.717) is 5.41 Å². The van der Waals surface area contributed by atoms with Crippen molar-refractivity contribution in [1.29, 1.82) is 0 Å². The fraction of sp³-hybridized carbons (Fsp3) is 0.667. The van der Waals surface area contributed by atoms with Crippen LogP contribution in [0.3, 0.4) is 0 Å². The lowest BCUT2D eigenvalue weighted by atomic mass is 9.78. The highest BCUT2D eigenvalue weighted by Gasteiger charge is 2.26. The van der Waals surface area contributed by atoms with Gasteiger partial charge in [-0.3, -0.25) is 0 Å². The topological polar surface area (TPSA) is 12.0 Å². The molecule has 1 nitrogen and oxygen atoms in total. The Balaban J connectivity index is 2.78. The van der Waals surface area contributed by atoms with Gasteiger partial charge in [-0.1, -0.05) is 13.8 Å². The molecule has 0 atom stereocenters. The summed E-state index contributed by atoms with van der Waals surface area (Å²) in [5.74, 6) is 0. The Morgan fingerprint density at radius 2 is 2.07 bits per heavy atom. The van der Waals surface area contributed by atoms with E-state index in [0.717, 1.165) is 6.54 Å². The Labute approximate surface area is 105 Å². The lowest BCUT2D eigenvalue weighted by Crippen LogP contribution is -2.33. The van der Waals surface area contributed by atoms with Gasteiger partial charge in [-0.05, 0) is 59.1 Å². The summed E-state index contributed by atoms with van der Waals surface area (Å²) in [5, 5.41) is 5.49. The fourth-order valence-corrected chi connectivity index (χ4v) is 3.65. The Bertz CT molecular complexity index is 292. The van der Waals surface area contributed by atoms with Crippen LogP contribution in [0.15, 0.2) is 15.9 Å². The van der Waals surface area contributed by atoms with Gasteiger partial charge < -0.3 is 5.32 Å². The lowest BCUT2D eigenvalue weighted by Gasteiger charge is -2.31. The zero-order valence-corrected chi connectivity index (χ0v) is 12.2. The lowest BCUT2D eigenvalue weighted by molar-refractivity contribution is 0.254. The average Bonchev–Trinajstić information content (AvgIpc) is 2.63. The van der Waals surface area contributed by atoms with Crippen LogP contribution in [0.1, 0.15) is 31.6 Å². The highest BCUT2D eigenvalue weighted by molar-refractivity contribution is 9.10. The largest absolute Gasteiger partial charge is 0.319 e. The van der Waals surface area contributed by atoms with Crippen molar-refractivity contribution >= 4 is 27.3 Å². The predicted octanol–water partition coefficient (Wildman–Crippen LogP) is 4.08. The summed E-state index contributed by atoms with van der Waals surface area (Å²) in [7, 11) is 2.05. The van der Waals surface area contributed by atoms with E-state index < -0.39 is 0 Å². The molecule has 3 heteroatoms. The van der Waals surface area contributed by atoms with Crippen LogP contribution in [0.2, 0.25) is 0 Å². The Hall–Kier alpha value is 0.140. The van der Waals surface area contributed by atoms with Crippen LogP contribution in [0, 0.1) is 5.41 Å². The summed E-state index contributed by atoms with van der Waals surface area (Å²) in [4.78, 5) is 1.48. The van der Waals surface area contributed by atoms with E-state index in [1.807, 2.05) is 18.4 Å². The second-order valence-corrected chi connectivity index (χ2v) is 5.96. The van der Waals surface area contributed by atoms with Crippen LogP contribution in [0.25, 0.3) is 0 Å². The van der Waals surface area contributed by atoms with E-state index in [1.165, 1.54) is 28.6 Å². The average molecular weight is 290 g/mol. The number of halogens is 1. The molecular formula is C12H20BrNS. The van der Waals surface area contributed by atoms with Crippen molar-refractivity contribution in [2.24, 2.45) is 5.41 Å². The van der Waals surface area contributed by atoms with Gasteiger partial charge in [0.25, 0.3) is 0 Å². The van der Waals surface area contributed by atoms with E-state index in [1.54, 1.807) is 0 Å². The van der Waals surface area contributed by atoms with Crippen molar-refractivity contribution in [2.75, 3.05) is 13.6 Å². The van der Waals surface area contributed by atoms with E-state index in [-0.39, 0.29) is 0 Å². The summed E-state index contributed by atoms with van der Waals surface area (Å²) in [6.45, 7) is 5.69. The fourth-order valence-electron chi connectivity index (χ4n) is 1.98. The first-order chi connectivity index (χ1) is 7.17. The third kappa shape index (κ3) is 3.30. The molecule has 1 N–H and O–H groups in total. The van der Waals surface area contributed by atoms with Crippen molar-refractivity contribution in [3.05, 3.63) is 20.8 Å². The first kappa shape index (κ1) is 13.2. The maximum atomic E-state index is 3.62. The van der Waals surface area contributed by atoms with Gasteiger partial charge in [0.05, 0.1) is 0 Å². The monoisotopic (exact) mass is 289 g/mol. The molecular weight excluding hydrogens is 270 g/mol. The molecule has 0 aliphatic heterocycles. The van der Waals surface area contributed by atoms with Crippen molar-refractivity contribution in [3.8, 4) is 0 Å². The molecule has 0 fully saturated rings. The number of hydrogen-bond donors (Lipinski definition) is 1. The van der Waals surface area contributed by atoms with Crippen molar-refractivity contribution in [3.63, 3.8) is 0 Å². The maximum Gasteiger partial charge on any atom is 0.0314 e. The van der Waals surface area contributed by atoms with Gasteiger partial charge in [0, 0.05) is 15.9 Å². The van der Waals surface area contributed by atoms with Gasteiger partial charge in [0.1, 0.15) is 0 Å². The summed E-state index contributed by atoms with van der Waals surface area (Å²) in [6.07, 6.45) is 3.64. The number of nitrogens with one attached hydrogen (secondary N) is 1. The molecule has 0 unspecified atom stereocenters. The summed E-state index contributed by atoms with van der Waals surface area (Å²) >= 11 is 5.48. The van der Waals surface area contributed by atoms with E-state index in [2.05, 4.69) is 46.5 Å². The standard InChI is InChI=1S/C12H20BrNS/c1-4-12(5-2,9-14-3)8-11-10(13)6-7-15-11/h6-7,14H,4-5,8-9H2,1-3H3. The first-order valence-corrected chi connectivity index (χ1v) is 7.21. The van der Waals surface area contributed by atoms with Crippen LogP contribution in [-0.4, -0.2) is 13.6 Å². The van der Waals surface area contributed by atoms with Crippen LogP contribution < -0.4 is 5.32 Å². The second-order valence-electron chi connectivity index (χ2n) is 4.11. The maximum absolute atomic E-state index is 3.62. The van der Waals surface area contributed by atoms with Crippen molar-refractivity contribution in [1.82, 2.24) is 5.32 Å². The van der Waals surface area contributed by atoms with E-state index >= 15 is 0 Å². The highest BCUT2D eigenvalue weighted by atomic mass is 79.9. The van der Waals surface area contributed by atoms with Gasteiger partial charge in [-0.2, -0.15) is 0 Å². The molecule has 0 bridgehead atoms. The predicted molar refractivity (Wildman–Crippen MR) is 72.7 cm³/mol. The molecule has 86 valence electrons. The molecule has 15 heavy (non-hydrogen) atoms. The third-order valence-electron chi connectivity index (χ3n) is 3.28. The van der Waals surface area contributed by atoms with Crippen LogP contribution in [0.4, 0.5) is 0 Å². The second kappa shape index (κ2) is 6.02. The van der Waals surface area contributed by atoms with Crippen LogP contribution >= 0.6 is 27.3 Å². The van der Waals surface area contributed by atoms with E-state index in [9.17, 15) is 0 Å². The normalized spacial score (nSPS) is 12.0. The van der Waals surface area contributed by atoms with Gasteiger partial charge in [-0.25, -0.2) is 0 Å². The molecule has 1 aromatic heterocycles. The Kier molecular flexibility index (Phi) is 5.30. The molecule has 0 aliphatic rings. The quantitative estimate of drug-likeness (QED) is 0.832. The minimum atomic E-state index is 0.419. The molecule has 1 heterocycles. The van der Waals surface area contributed by atoms with Crippen molar-refractivity contribution < 1.29 is 0 Å². The van der Waals surface area contributed by atoms with Crippen LogP contribution in [-0.2, 0) is 6.42 Å². The first-order valence-electron chi connectivity index (χ1n) is 5.54.